The van der Waals surface area contributed by atoms with E-state index in [1.165, 1.54) is 251 Å². The van der Waals surface area contributed by atoms with Crippen LogP contribution in [-0.4, -0.2) is 130 Å². The first kappa shape index (κ1) is 107. The average Bonchev–Trinajstić information content (AvgIpc) is 0.920. The number of methoxy groups -OCH3 is 2. The minimum absolute atomic E-state index is 0.0156. The molecule has 0 radical (unpaired) electrons. The van der Waals surface area contributed by atoms with E-state index in [-0.39, 0.29) is 27.7 Å². The third-order valence-corrected chi connectivity index (χ3v) is 15.5. The molecular weight excluding hydrogens is 1270 g/mol. The summed E-state index contributed by atoms with van der Waals surface area (Å²) in [6, 6.07) is 0. The first-order chi connectivity index (χ1) is 48.3. The van der Waals surface area contributed by atoms with Crippen LogP contribution < -0.4 is 0 Å². The third kappa shape index (κ3) is 107. The SMILES string of the molecule is CC/C=C\CCCCCCC/C=C\CCCC/C=C\CCC=NC(C)(C)C.CCCCCCCC=NC(C)(C)C.CCCCCCCCCCCCCCCCCCCCCC=NC(C)(C)C.COC(C)OC(=O)C(C)OC(=O)C(C)C=NC(C)(C)C.COCCOCCOCC=NC(C)(C)C. The molecule has 3 atom stereocenters. The highest BCUT2D eigenvalue weighted by molar-refractivity contribution is 5.91. The van der Waals surface area contributed by atoms with Crippen molar-refractivity contribution in [2.75, 3.05) is 47.3 Å². The molecule has 0 aliphatic carbocycles. The van der Waals surface area contributed by atoms with E-state index < -0.39 is 30.3 Å². The number of carbonyl (C=O) groups is 2. The van der Waals surface area contributed by atoms with Crippen molar-refractivity contribution in [3.63, 3.8) is 0 Å². The zero-order chi connectivity index (χ0) is 77.8. The number of ether oxygens (including phenoxy) is 6. The summed E-state index contributed by atoms with van der Waals surface area (Å²) < 4.78 is 30.1. The molecule has 3 unspecified atom stereocenters. The normalized spacial score (nSPS) is 13.4. The van der Waals surface area contributed by atoms with E-state index in [2.05, 4.69) is 184 Å². The van der Waals surface area contributed by atoms with Gasteiger partial charge in [0.25, 0.3) is 0 Å². The quantitative estimate of drug-likeness (QED) is 0.0192. The smallest absolute Gasteiger partial charge is 0.349 e. The number of carbonyl (C=O) groups excluding carboxylic acids is 2. The standard InChI is InChI=1S/C26H53N.C26H47N.C14H25NO5.C12H25N.C11H23NO3/c2*1-5-6-7-8-9-10-11-12-13-14-15-16-17-18-19-20-21-22-23-24-25-27-26(2,3)4;1-9(8-15-14(4,5)6)12(16)19-10(2)13(17)20-11(3)18-7;1-5-6-7-8-9-10-11-13-12(2,3)4;1-11(2,3)12-5-6-14-9-10-15-8-7-13-4/h25H,5-24H2,1-4H3;6-7,15-16,21-22,25H,5,8-14,17-20,23-24H2,1-4H3;8-11H,1-7H3;11H,5-10H2,1-4H3;5H,6-10H2,1-4H3/b;7-6-,16-15-,22-21-,27-25?;;;. The van der Waals surface area contributed by atoms with Gasteiger partial charge in [-0.3, -0.25) is 29.8 Å². The first-order valence-corrected chi connectivity index (χ1v) is 41.5. The second-order valence-electron chi connectivity index (χ2n) is 32.6. The Kier molecular flexibility index (Phi) is 80.7. The van der Waals surface area contributed by atoms with Crippen molar-refractivity contribution in [2.45, 2.75) is 442 Å². The second-order valence-corrected chi connectivity index (χ2v) is 32.6. The summed E-state index contributed by atoms with van der Waals surface area (Å²) >= 11 is 0. The van der Waals surface area contributed by atoms with Crippen molar-refractivity contribution < 1.29 is 38.0 Å². The Balaban J connectivity index is -0.000000395. The Hall–Kier alpha value is -3.65. The van der Waals surface area contributed by atoms with Crippen LogP contribution in [0.25, 0.3) is 0 Å². The van der Waals surface area contributed by atoms with Gasteiger partial charge in [-0.05, 0) is 240 Å². The van der Waals surface area contributed by atoms with E-state index in [4.69, 9.17) is 28.4 Å². The van der Waals surface area contributed by atoms with E-state index in [1.54, 1.807) is 27.2 Å². The minimum Gasteiger partial charge on any atom is -0.450 e. The van der Waals surface area contributed by atoms with E-state index in [0.29, 0.717) is 33.0 Å². The van der Waals surface area contributed by atoms with Crippen molar-refractivity contribution in [3.05, 3.63) is 36.5 Å². The van der Waals surface area contributed by atoms with Gasteiger partial charge in [-0.15, -0.1) is 0 Å². The molecule has 0 aromatic heterocycles. The molecule has 13 nitrogen and oxygen atoms in total. The summed E-state index contributed by atoms with van der Waals surface area (Å²) in [4.78, 5) is 45.4. The Bertz CT molecular complexity index is 2010. The van der Waals surface area contributed by atoms with Crippen LogP contribution in [0.2, 0.25) is 0 Å². The molecule has 602 valence electrons. The predicted molar refractivity (Wildman–Crippen MR) is 451 cm³/mol. The molecule has 0 saturated heterocycles. The number of aliphatic imine (C=N–C) groups is 5. The molecular formula is C89H173N5O8. The van der Waals surface area contributed by atoms with E-state index in [0.717, 1.165) is 25.7 Å². The third-order valence-electron chi connectivity index (χ3n) is 15.5. The van der Waals surface area contributed by atoms with Crippen LogP contribution >= 0.6 is 0 Å². The molecule has 0 heterocycles. The fraction of sp³-hybridized carbons (Fsp3) is 0.854. The minimum atomic E-state index is -0.981. The van der Waals surface area contributed by atoms with Crippen LogP contribution in [0.4, 0.5) is 0 Å². The highest BCUT2D eigenvalue weighted by Gasteiger charge is 2.24. The summed E-state index contributed by atoms with van der Waals surface area (Å²) in [6.45, 7) is 45.7. The van der Waals surface area contributed by atoms with E-state index >= 15 is 0 Å². The Morgan fingerprint density at radius 3 is 0.980 bits per heavy atom. The molecule has 13 heteroatoms. The summed E-state index contributed by atoms with van der Waals surface area (Å²) in [5.74, 6) is -1.69. The number of rotatable bonds is 57. The first-order valence-electron chi connectivity index (χ1n) is 41.5. The lowest BCUT2D eigenvalue weighted by molar-refractivity contribution is -0.185. The molecule has 0 amide bonds. The molecule has 0 aliphatic heterocycles. The molecule has 0 aliphatic rings. The van der Waals surface area contributed by atoms with E-state index in [1.807, 2.05) is 20.8 Å². The van der Waals surface area contributed by atoms with Gasteiger partial charge in [0.2, 0.25) is 0 Å². The number of esters is 2. The van der Waals surface area contributed by atoms with Gasteiger partial charge in [-0.25, -0.2) is 4.79 Å². The van der Waals surface area contributed by atoms with Crippen LogP contribution in [0.5, 0.6) is 0 Å². The zero-order valence-corrected chi connectivity index (χ0v) is 71.9. The second kappa shape index (κ2) is 77.0. The molecule has 0 aromatic carbocycles. The van der Waals surface area contributed by atoms with Gasteiger partial charge >= 0.3 is 11.9 Å². The number of unbranched alkanes of at least 4 members (excludes halogenated alkanes) is 34. The summed E-state index contributed by atoms with van der Waals surface area (Å²) in [5.41, 5.74) is 0.0194. The molecule has 0 N–H and O–H groups in total. The Labute approximate surface area is 634 Å². The molecule has 0 fully saturated rings. The lowest BCUT2D eigenvalue weighted by Crippen LogP contribution is -2.31. The predicted octanol–water partition coefficient (Wildman–Crippen LogP) is 26.4. The largest absolute Gasteiger partial charge is 0.450 e. The summed E-state index contributed by atoms with van der Waals surface area (Å²) in [7, 11) is 3.07. The molecule has 0 aromatic rings. The van der Waals surface area contributed by atoms with Crippen molar-refractivity contribution in [3.8, 4) is 0 Å². The Morgan fingerprint density at radius 2 is 0.627 bits per heavy atom. The van der Waals surface area contributed by atoms with Crippen LogP contribution in [-0.2, 0) is 38.0 Å². The van der Waals surface area contributed by atoms with Gasteiger partial charge in [0, 0.05) is 26.6 Å². The van der Waals surface area contributed by atoms with Gasteiger partial charge in [0.15, 0.2) is 12.4 Å². The number of hydrogen-bond donors (Lipinski definition) is 0. The number of nitrogens with zero attached hydrogens (tertiary/aromatic N) is 5. The summed E-state index contributed by atoms with van der Waals surface area (Å²) in [5, 5.41) is 0. The molecule has 0 rings (SSSR count). The highest BCUT2D eigenvalue weighted by Crippen LogP contribution is 2.17. The zero-order valence-electron chi connectivity index (χ0n) is 71.9. The Morgan fingerprint density at radius 1 is 0.324 bits per heavy atom. The fourth-order valence-corrected chi connectivity index (χ4v) is 9.52. The lowest BCUT2D eigenvalue weighted by atomic mass is 10.0. The van der Waals surface area contributed by atoms with Gasteiger partial charge in [0.05, 0.1) is 66.6 Å². The van der Waals surface area contributed by atoms with Gasteiger partial charge in [-0.2, -0.15) is 0 Å². The lowest BCUT2D eigenvalue weighted by Gasteiger charge is -2.17. The van der Waals surface area contributed by atoms with Gasteiger partial charge in [-0.1, -0.05) is 218 Å². The van der Waals surface area contributed by atoms with Crippen molar-refractivity contribution >= 4 is 43.0 Å². The molecule has 0 bridgehead atoms. The monoisotopic (exact) mass is 1440 g/mol. The average molecular weight is 1440 g/mol. The van der Waals surface area contributed by atoms with Crippen LogP contribution in [0.15, 0.2) is 61.4 Å². The van der Waals surface area contributed by atoms with Crippen molar-refractivity contribution in [1.29, 1.82) is 0 Å². The topological polar surface area (TPSA) is 151 Å². The molecule has 102 heavy (non-hydrogen) atoms. The number of allylic oxidation sites excluding steroid dienone is 6. The van der Waals surface area contributed by atoms with Crippen LogP contribution in [0.3, 0.4) is 0 Å². The van der Waals surface area contributed by atoms with Gasteiger partial charge < -0.3 is 28.4 Å². The number of hydrogen-bond acceptors (Lipinski definition) is 13. The maximum atomic E-state index is 11.8. The van der Waals surface area contributed by atoms with Crippen molar-refractivity contribution in [2.24, 2.45) is 30.9 Å². The van der Waals surface area contributed by atoms with Crippen LogP contribution in [0, 0.1) is 5.92 Å². The summed E-state index contributed by atoms with van der Waals surface area (Å²) in [6.07, 6.45) is 76.5. The van der Waals surface area contributed by atoms with Crippen LogP contribution in [0.1, 0.15) is 402 Å². The maximum Gasteiger partial charge on any atom is 0.349 e. The highest BCUT2D eigenvalue weighted by atomic mass is 16.7. The van der Waals surface area contributed by atoms with Gasteiger partial charge in [0.1, 0.15) is 0 Å². The molecule has 0 saturated carbocycles. The molecule has 0 spiro atoms. The van der Waals surface area contributed by atoms with E-state index in [9.17, 15) is 9.59 Å². The maximum absolute atomic E-state index is 11.8. The fourth-order valence-electron chi connectivity index (χ4n) is 9.52. The van der Waals surface area contributed by atoms with Crippen molar-refractivity contribution in [1.82, 2.24) is 0 Å².